The second-order valence-electron chi connectivity index (χ2n) is 5.30. The number of amides is 1. The van der Waals surface area contributed by atoms with Crippen LogP contribution in [0.4, 0.5) is 5.69 Å². The Bertz CT molecular complexity index is 809. The molecule has 0 aliphatic heterocycles. The normalized spacial score (nSPS) is 11.4. The predicted molar refractivity (Wildman–Crippen MR) is 90.9 cm³/mol. The van der Waals surface area contributed by atoms with Crippen LogP contribution >= 0.6 is 0 Å². The van der Waals surface area contributed by atoms with Gasteiger partial charge in [-0.2, -0.15) is 0 Å². The molecular weight excluding hydrogens is 342 g/mol. The van der Waals surface area contributed by atoms with Crippen molar-refractivity contribution in [1.29, 1.82) is 0 Å². The van der Waals surface area contributed by atoms with Crippen molar-refractivity contribution >= 4 is 23.5 Å². The highest BCUT2D eigenvalue weighted by atomic mass is 16.5. The number of para-hydroxylation sites is 1. The molecule has 0 radical (unpaired) electrons. The van der Waals surface area contributed by atoms with Gasteiger partial charge in [0, 0.05) is 6.42 Å². The van der Waals surface area contributed by atoms with Crippen LogP contribution in [-0.4, -0.2) is 39.1 Å². The molecule has 1 atom stereocenters. The maximum Gasteiger partial charge on any atom is 0.326 e. The summed E-state index contributed by atoms with van der Waals surface area (Å²) in [6.45, 7) is 0. The van der Waals surface area contributed by atoms with Gasteiger partial charge in [-0.15, -0.1) is 0 Å². The van der Waals surface area contributed by atoms with Gasteiger partial charge < -0.3 is 26.0 Å². The van der Waals surface area contributed by atoms with Crippen LogP contribution in [0.2, 0.25) is 0 Å². The number of anilines is 1. The average Bonchev–Trinajstić information content (AvgIpc) is 2.60. The van der Waals surface area contributed by atoms with E-state index in [0.717, 1.165) is 0 Å². The number of carbonyl (C=O) groups is 3. The van der Waals surface area contributed by atoms with Crippen molar-refractivity contribution in [2.75, 3.05) is 5.73 Å². The molecule has 1 unspecified atom stereocenters. The second-order valence-corrected chi connectivity index (χ2v) is 5.30. The molecule has 5 N–H and O–H groups in total. The first-order chi connectivity index (χ1) is 12.4. The Morgan fingerprint density at radius 1 is 1.12 bits per heavy atom. The van der Waals surface area contributed by atoms with Crippen molar-refractivity contribution in [3.8, 4) is 11.6 Å². The first-order valence-electron chi connectivity index (χ1n) is 7.61. The van der Waals surface area contributed by atoms with E-state index in [1.807, 2.05) is 0 Å². The van der Waals surface area contributed by atoms with E-state index >= 15 is 0 Å². The average molecular weight is 359 g/mol. The van der Waals surface area contributed by atoms with Crippen molar-refractivity contribution in [1.82, 2.24) is 10.3 Å². The number of hydrogen-bond donors (Lipinski definition) is 4. The summed E-state index contributed by atoms with van der Waals surface area (Å²) in [5.41, 5.74) is 5.88. The van der Waals surface area contributed by atoms with Crippen molar-refractivity contribution in [2.45, 2.75) is 18.9 Å². The van der Waals surface area contributed by atoms with Gasteiger partial charge in [0.05, 0.1) is 5.69 Å². The van der Waals surface area contributed by atoms with Crippen LogP contribution in [0.5, 0.6) is 11.6 Å². The van der Waals surface area contributed by atoms with E-state index in [-0.39, 0.29) is 23.7 Å². The van der Waals surface area contributed by atoms with Crippen LogP contribution in [0.15, 0.2) is 42.5 Å². The summed E-state index contributed by atoms with van der Waals surface area (Å²) in [7, 11) is 0. The molecule has 0 aliphatic carbocycles. The van der Waals surface area contributed by atoms with Gasteiger partial charge in [-0.1, -0.05) is 18.2 Å². The van der Waals surface area contributed by atoms with Gasteiger partial charge in [0.2, 0.25) is 5.88 Å². The van der Waals surface area contributed by atoms with Crippen LogP contribution in [0.25, 0.3) is 0 Å². The summed E-state index contributed by atoms with van der Waals surface area (Å²) in [4.78, 5) is 38.0. The maximum absolute atomic E-state index is 12.2. The van der Waals surface area contributed by atoms with Gasteiger partial charge in [0.15, 0.2) is 0 Å². The Labute approximate surface area is 148 Å². The highest BCUT2D eigenvalue weighted by Gasteiger charge is 2.22. The molecule has 0 spiro atoms. The SMILES string of the molecule is Nc1ccc(C(=O)NC(CCC(=O)O)C(=O)O)nc1Oc1ccccc1. The van der Waals surface area contributed by atoms with Crippen molar-refractivity contribution in [3.63, 3.8) is 0 Å². The summed E-state index contributed by atoms with van der Waals surface area (Å²) in [6, 6.07) is 10.0. The molecule has 9 heteroatoms. The third-order valence-electron chi connectivity index (χ3n) is 3.33. The molecule has 0 bridgehead atoms. The molecule has 2 aromatic rings. The number of hydrogen-bond acceptors (Lipinski definition) is 6. The van der Waals surface area contributed by atoms with Crippen LogP contribution in [0, 0.1) is 0 Å². The van der Waals surface area contributed by atoms with Crippen molar-refractivity contribution in [3.05, 3.63) is 48.2 Å². The third kappa shape index (κ3) is 5.20. The molecule has 1 aromatic heterocycles. The lowest BCUT2D eigenvalue weighted by molar-refractivity contribution is -0.140. The van der Waals surface area contributed by atoms with E-state index in [2.05, 4.69) is 10.3 Å². The van der Waals surface area contributed by atoms with E-state index in [1.54, 1.807) is 30.3 Å². The molecule has 2 rings (SSSR count). The Morgan fingerprint density at radius 3 is 2.42 bits per heavy atom. The number of nitrogen functional groups attached to an aromatic ring is 1. The van der Waals surface area contributed by atoms with E-state index in [0.29, 0.717) is 5.75 Å². The van der Waals surface area contributed by atoms with Crippen LogP contribution < -0.4 is 15.8 Å². The van der Waals surface area contributed by atoms with Gasteiger partial charge in [-0.3, -0.25) is 9.59 Å². The number of ether oxygens (including phenoxy) is 1. The maximum atomic E-state index is 12.2. The minimum absolute atomic E-state index is 0.00117. The molecule has 136 valence electrons. The number of pyridine rings is 1. The topological polar surface area (TPSA) is 152 Å². The lowest BCUT2D eigenvalue weighted by Gasteiger charge is -2.14. The van der Waals surface area contributed by atoms with Gasteiger partial charge in [0.1, 0.15) is 17.5 Å². The largest absolute Gasteiger partial charge is 0.481 e. The summed E-state index contributed by atoms with van der Waals surface area (Å²) >= 11 is 0. The summed E-state index contributed by atoms with van der Waals surface area (Å²) in [6.07, 6.45) is -0.645. The number of rotatable bonds is 8. The number of nitrogens with zero attached hydrogens (tertiary/aromatic N) is 1. The molecule has 26 heavy (non-hydrogen) atoms. The fourth-order valence-corrected chi connectivity index (χ4v) is 2.02. The zero-order chi connectivity index (χ0) is 19.1. The molecule has 0 saturated heterocycles. The molecule has 0 fully saturated rings. The molecular formula is C17H17N3O6. The van der Waals surface area contributed by atoms with Crippen LogP contribution in [0.1, 0.15) is 23.3 Å². The van der Waals surface area contributed by atoms with Gasteiger partial charge in [-0.05, 0) is 30.7 Å². The summed E-state index contributed by atoms with van der Waals surface area (Å²) in [5, 5.41) is 20.0. The highest BCUT2D eigenvalue weighted by Crippen LogP contribution is 2.25. The fraction of sp³-hybridized carbons (Fsp3) is 0.176. The number of aliphatic carboxylic acids is 2. The molecule has 1 aromatic carbocycles. The fourth-order valence-electron chi connectivity index (χ4n) is 2.02. The van der Waals surface area contributed by atoms with Gasteiger partial charge in [-0.25, -0.2) is 9.78 Å². The number of benzene rings is 1. The molecule has 0 saturated carbocycles. The number of carboxylic acid groups (broad SMARTS) is 2. The zero-order valence-electron chi connectivity index (χ0n) is 13.6. The van der Waals surface area contributed by atoms with Crippen molar-refractivity contribution in [2.24, 2.45) is 0 Å². The minimum atomic E-state index is -1.35. The molecule has 1 heterocycles. The van der Waals surface area contributed by atoms with E-state index < -0.39 is 30.3 Å². The van der Waals surface area contributed by atoms with E-state index in [1.165, 1.54) is 12.1 Å². The summed E-state index contributed by atoms with van der Waals surface area (Å²) in [5.74, 6) is -2.80. The Morgan fingerprint density at radius 2 is 1.81 bits per heavy atom. The molecule has 0 aliphatic rings. The van der Waals surface area contributed by atoms with Crippen LogP contribution in [-0.2, 0) is 9.59 Å². The smallest absolute Gasteiger partial charge is 0.326 e. The first kappa shape index (κ1) is 18.7. The molecule has 1 amide bonds. The van der Waals surface area contributed by atoms with Crippen LogP contribution in [0.3, 0.4) is 0 Å². The lowest BCUT2D eigenvalue weighted by atomic mass is 10.1. The van der Waals surface area contributed by atoms with E-state index in [4.69, 9.17) is 20.7 Å². The van der Waals surface area contributed by atoms with E-state index in [9.17, 15) is 14.4 Å². The Kier molecular flexibility index (Phi) is 6.10. The number of carbonyl (C=O) groups excluding carboxylic acids is 1. The number of carboxylic acids is 2. The molecule has 9 nitrogen and oxygen atoms in total. The minimum Gasteiger partial charge on any atom is -0.481 e. The van der Waals surface area contributed by atoms with Crippen molar-refractivity contribution < 1.29 is 29.3 Å². The highest BCUT2D eigenvalue weighted by molar-refractivity contribution is 5.95. The first-order valence-corrected chi connectivity index (χ1v) is 7.61. The van der Waals surface area contributed by atoms with Gasteiger partial charge in [0.25, 0.3) is 5.91 Å². The third-order valence-corrected chi connectivity index (χ3v) is 3.33. The van der Waals surface area contributed by atoms with Gasteiger partial charge >= 0.3 is 11.9 Å². The second kappa shape index (κ2) is 8.47. The lowest BCUT2D eigenvalue weighted by Crippen LogP contribution is -2.41. The zero-order valence-corrected chi connectivity index (χ0v) is 13.6. The Balaban J connectivity index is 2.14. The number of nitrogens with two attached hydrogens (primary N) is 1. The number of aromatic nitrogens is 1. The number of nitrogens with one attached hydrogen (secondary N) is 1. The standard InChI is InChI=1S/C17H17N3O6/c18-11-6-7-12(20-16(11)26-10-4-2-1-3-5-10)15(23)19-13(17(24)25)8-9-14(21)22/h1-7,13H,8-9,18H2,(H,19,23)(H,21,22)(H,24,25). The predicted octanol–water partition coefficient (Wildman–Crippen LogP) is 1.50. The quantitative estimate of drug-likeness (QED) is 0.553. The monoisotopic (exact) mass is 359 g/mol. The summed E-state index contributed by atoms with van der Waals surface area (Å²) < 4.78 is 5.52. The Hall–Kier alpha value is -3.62.